The van der Waals surface area contributed by atoms with Crippen LogP contribution in [0.1, 0.15) is 31.7 Å². The molecule has 5 heteroatoms. The first-order valence-corrected chi connectivity index (χ1v) is 7.23. The Kier molecular flexibility index (Phi) is 3.23. The Balaban J connectivity index is 2.05. The van der Waals surface area contributed by atoms with Gasteiger partial charge >= 0.3 is 0 Å². The molecule has 0 radical (unpaired) electrons. The Labute approximate surface area is 118 Å². The molecular formula is C14H19ClN4. The van der Waals surface area contributed by atoms with Crippen molar-refractivity contribution in [1.82, 2.24) is 19.4 Å². The first-order valence-electron chi connectivity index (χ1n) is 6.86. The number of aromatic nitrogens is 3. The van der Waals surface area contributed by atoms with Gasteiger partial charge in [0, 0.05) is 25.3 Å². The molecule has 1 aliphatic heterocycles. The van der Waals surface area contributed by atoms with Crippen molar-refractivity contribution >= 4 is 22.8 Å². The van der Waals surface area contributed by atoms with Crippen molar-refractivity contribution in [3.05, 3.63) is 22.6 Å². The predicted molar refractivity (Wildman–Crippen MR) is 77.4 cm³/mol. The number of halogens is 1. The molecule has 0 N–H and O–H groups in total. The van der Waals surface area contributed by atoms with Crippen molar-refractivity contribution < 1.29 is 0 Å². The van der Waals surface area contributed by atoms with Gasteiger partial charge in [-0.2, -0.15) is 0 Å². The lowest BCUT2D eigenvalue weighted by Crippen LogP contribution is -2.39. The van der Waals surface area contributed by atoms with Gasteiger partial charge in [-0.05, 0) is 25.8 Å². The third-order valence-corrected chi connectivity index (χ3v) is 4.58. The summed E-state index contributed by atoms with van der Waals surface area (Å²) in [6, 6.07) is 0.603. The smallest absolute Gasteiger partial charge is 0.160 e. The summed E-state index contributed by atoms with van der Waals surface area (Å²) in [4.78, 5) is 11.7. The summed E-state index contributed by atoms with van der Waals surface area (Å²) < 4.78 is 2.23. The molecular weight excluding hydrogens is 260 g/mol. The molecule has 0 aliphatic carbocycles. The Morgan fingerprint density at radius 2 is 2.21 bits per heavy atom. The number of aryl methyl sites for hydroxylation is 1. The zero-order chi connectivity index (χ0) is 13.6. The molecule has 4 nitrogen and oxygen atoms in total. The molecule has 1 aliphatic rings. The fourth-order valence-corrected chi connectivity index (χ4v) is 2.82. The lowest BCUT2D eigenvalue weighted by molar-refractivity contribution is 0.160. The Morgan fingerprint density at radius 1 is 1.42 bits per heavy atom. The van der Waals surface area contributed by atoms with E-state index in [0.29, 0.717) is 11.1 Å². The zero-order valence-electron chi connectivity index (χ0n) is 11.6. The van der Waals surface area contributed by atoms with Gasteiger partial charge in [0.1, 0.15) is 11.3 Å². The number of rotatable bonds is 2. The molecule has 0 fully saturated rings. The second-order valence-corrected chi connectivity index (χ2v) is 5.72. The number of pyridine rings is 1. The topological polar surface area (TPSA) is 34.0 Å². The summed E-state index contributed by atoms with van der Waals surface area (Å²) in [7, 11) is 0. The highest BCUT2D eigenvalue weighted by molar-refractivity contribution is 6.31. The highest BCUT2D eigenvalue weighted by Crippen LogP contribution is 2.26. The average molecular weight is 279 g/mol. The lowest BCUT2D eigenvalue weighted by atomic mass is 10.2. The van der Waals surface area contributed by atoms with Crippen molar-refractivity contribution in [3.63, 3.8) is 0 Å². The largest absolute Gasteiger partial charge is 0.310 e. The van der Waals surface area contributed by atoms with E-state index in [1.54, 1.807) is 6.20 Å². The third-order valence-electron chi connectivity index (χ3n) is 4.20. The van der Waals surface area contributed by atoms with Crippen molar-refractivity contribution in [1.29, 1.82) is 0 Å². The summed E-state index contributed by atoms with van der Waals surface area (Å²) in [5.74, 6) is 1.11. The lowest BCUT2D eigenvalue weighted by Gasteiger charge is -2.32. The summed E-state index contributed by atoms with van der Waals surface area (Å²) in [6.45, 7) is 9.45. The maximum absolute atomic E-state index is 6.13. The van der Waals surface area contributed by atoms with Crippen LogP contribution in [0.3, 0.4) is 0 Å². The van der Waals surface area contributed by atoms with Crippen LogP contribution in [0.2, 0.25) is 5.02 Å². The molecule has 102 valence electrons. The molecule has 0 amide bonds. The minimum absolute atomic E-state index is 0.603. The van der Waals surface area contributed by atoms with Crippen LogP contribution in [-0.4, -0.2) is 32.0 Å². The fraction of sp³-hybridized carbons (Fsp3) is 0.571. The first-order chi connectivity index (χ1) is 9.11. The van der Waals surface area contributed by atoms with E-state index in [0.717, 1.165) is 42.2 Å². The standard InChI is InChI=1S/C14H19ClN4/c1-4-9(2)18-5-6-19-12(8-18)17-13-10(3)11(15)7-16-14(13)19/h7,9H,4-6,8H2,1-3H3. The van der Waals surface area contributed by atoms with Gasteiger partial charge in [0.15, 0.2) is 5.65 Å². The Hall–Kier alpha value is -1.13. The van der Waals surface area contributed by atoms with Gasteiger partial charge in [-0.3, -0.25) is 4.90 Å². The molecule has 19 heavy (non-hydrogen) atoms. The predicted octanol–water partition coefficient (Wildman–Crippen LogP) is 3.01. The summed E-state index contributed by atoms with van der Waals surface area (Å²) in [6.07, 6.45) is 2.90. The van der Waals surface area contributed by atoms with Crippen molar-refractivity contribution in [2.75, 3.05) is 6.54 Å². The third kappa shape index (κ3) is 2.03. The van der Waals surface area contributed by atoms with Gasteiger partial charge in [0.2, 0.25) is 0 Å². The van der Waals surface area contributed by atoms with Gasteiger partial charge in [-0.1, -0.05) is 18.5 Å². The summed E-state index contributed by atoms with van der Waals surface area (Å²) >= 11 is 6.13. The molecule has 0 aromatic carbocycles. The van der Waals surface area contributed by atoms with Crippen molar-refractivity contribution in [2.24, 2.45) is 0 Å². The zero-order valence-corrected chi connectivity index (χ0v) is 12.4. The molecule has 3 rings (SSSR count). The fourth-order valence-electron chi connectivity index (χ4n) is 2.68. The number of imidazole rings is 1. The number of hydrogen-bond donors (Lipinski definition) is 0. The van der Waals surface area contributed by atoms with Crippen molar-refractivity contribution in [2.45, 2.75) is 46.3 Å². The summed E-state index contributed by atoms with van der Waals surface area (Å²) in [5.41, 5.74) is 2.96. The SMILES string of the molecule is CCC(C)N1CCn2c(nc3c(C)c(Cl)cnc32)C1. The first kappa shape index (κ1) is 12.9. The van der Waals surface area contributed by atoms with Gasteiger partial charge in [-0.25, -0.2) is 9.97 Å². The van der Waals surface area contributed by atoms with Crippen LogP contribution in [0.5, 0.6) is 0 Å². The molecule has 0 spiro atoms. The maximum Gasteiger partial charge on any atom is 0.160 e. The van der Waals surface area contributed by atoms with Gasteiger partial charge < -0.3 is 4.57 Å². The van der Waals surface area contributed by atoms with E-state index in [1.165, 1.54) is 6.42 Å². The number of fused-ring (bicyclic) bond motifs is 3. The molecule has 2 aromatic rings. The molecule has 0 bridgehead atoms. The van der Waals surface area contributed by atoms with Gasteiger partial charge in [0.05, 0.1) is 11.6 Å². The second kappa shape index (κ2) is 4.76. The van der Waals surface area contributed by atoms with Crippen LogP contribution in [0, 0.1) is 6.92 Å². The minimum atomic E-state index is 0.603. The van der Waals surface area contributed by atoms with Crippen LogP contribution in [0.4, 0.5) is 0 Å². The van der Waals surface area contributed by atoms with Gasteiger partial charge in [0.25, 0.3) is 0 Å². The second-order valence-electron chi connectivity index (χ2n) is 5.31. The van der Waals surface area contributed by atoms with Crippen LogP contribution < -0.4 is 0 Å². The van der Waals surface area contributed by atoms with Crippen LogP contribution in [0.15, 0.2) is 6.20 Å². The monoisotopic (exact) mass is 278 g/mol. The molecule has 1 atom stereocenters. The quantitative estimate of drug-likeness (QED) is 0.847. The Bertz CT molecular complexity index is 619. The minimum Gasteiger partial charge on any atom is -0.310 e. The van der Waals surface area contributed by atoms with Crippen LogP contribution in [0.25, 0.3) is 11.2 Å². The normalized spacial score (nSPS) is 17.7. The van der Waals surface area contributed by atoms with E-state index in [4.69, 9.17) is 16.6 Å². The van der Waals surface area contributed by atoms with E-state index in [1.807, 2.05) is 6.92 Å². The van der Waals surface area contributed by atoms with E-state index < -0.39 is 0 Å². The Morgan fingerprint density at radius 3 is 2.95 bits per heavy atom. The van der Waals surface area contributed by atoms with E-state index in [2.05, 4.69) is 28.3 Å². The maximum atomic E-state index is 6.13. The molecule has 0 saturated heterocycles. The van der Waals surface area contributed by atoms with Gasteiger partial charge in [-0.15, -0.1) is 0 Å². The molecule has 0 saturated carbocycles. The van der Waals surface area contributed by atoms with Crippen molar-refractivity contribution in [3.8, 4) is 0 Å². The van der Waals surface area contributed by atoms with E-state index in [9.17, 15) is 0 Å². The van der Waals surface area contributed by atoms with Crippen LogP contribution >= 0.6 is 11.6 Å². The van der Waals surface area contributed by atoms with Crippen LogP contribution in [-0.2, 0) is 13.1 Å². The molecule has 3 heterocycles. The van der Waals surface area contributed by atoms with E-state index >= 15 is 0 Å². The average Bonchev–Trinajstić information content (AvgIpc) is 2.80. The highest BCUT2D eigenvalue weighted by atomic mass is 35.5. The number of hydrogen-bond acceptors (Lipinski definition) is 3. The molecule has 2 aromatic heterocycles. The summed E-state index contributed by atoms with van der Waals surface area (Å²) in [5, 5.41) is 0.696. The number of nitrogens with zero attached hydrogens (tertiary/aromatic N) is 4. The van der Waals surface area contributed by atoms with E-state index in [-0.39, 0.29) is 0 Å². The highest BCUT2D eigenvalue weighted by Gasteiger charge is 2.24. The molecule has 1 unspecified atom stereocenters.